The number of aliphatic hydroxyl groups is 1. The van der Waals surface area contributed by atoms with Crippen LogP contribution in [0.3, 0.4) is 0 Å². The van der Waals surface area contributed by atoms with Crippen molar-refractivity contribution in [3.05, 3.63) is 30.1 Å². The SMILES string of the molecule is O=C(O)c1ccc2c(c1)ncn2C1CCCCC1CO. The second kappa shape index (κ2) is 5.25. The summed E-state index contributed by atoms with van der Waals surface area (Å²) in [6, 6.07) is 5.29. The van der Waals surface area contributed by atoms with Gasteiger partial charge in [-0.1, -0.05) is 12.8 Å². The number of aromatic carboxylic acids is 1. The Kier molecular flexibility index (Phi) is 3.44. The number of carboxylic acid groups (broad SMARTS) is 1. The number of hydrogen-bond donors (Lipinski definition) is 2. The average molecular weight is 274 g/mol. The smallest absolute Gasteiger partial charge is 0.335 e. The largest absolute Gasteiger partial charge is 0.478 e. The van der Waals surface area contributed by atoms with E-state index in [0.717, 1.165) is 31.2 Å². The number of rotatable bonds is 3. The van der Waals surface area contributed by atoms with Crippen LogP contribution in [0.15, 0.2) is 24.5 Å². The second-order valence-corrected chi connectivity index (χ2v) is 5.45. The van der Waals surface area contributed by atoms with Gasteiger partial charge in [-0.05, 0) is 31.0 Å². The van der Waals surface area contributed by atoms with Crippen LogP contribution in [-0.4, -0.2) is 32.3 Å². The molecule has 5 heteroatoms. The summed E-state index contributed by atoms with van der Waals surface area (Å²) in [6.07, 6.45) is 6.17. The molecule has 20 heavy (non-hydrogen) atoms. The molecule has 0 amide bonds. The van der Waals surface area contributed by atoms with Crippen LogP contribution in [-0.2, 0) is 0 Å². The Hall–Kier alpha value is -1.88. The Morgan fingerprint density at radius 2 is 2.15 bits per heavy atom. The van der Waals surface area contributed by atoms with Crippen molar-refractivity contribution in [3.63, 3.8) is 0 Å². The normalized spacial score (nSPS) is 23.1. The van der Waals surface area contributed by atoms with Crippen molar-refractivity contribution in [1.29, 1.82) is 0 Å². The molecule has 2 atom stereocenters. The molecule has 0 spiro atoms. The topological polar surface area (TPSA) is 75.3 Å². The fourth-order valence-electron chi connectivity index (χ4n) is 3.20. The van der Waals surface area contributed by atoms with Gasteiger partial charge in [-0.15, -0.1) is 0 Å². The van der Waals surface area contributed by atoms with Crippen molar-refractivity contribution in [2.75, 3.05) is 6.61 Å². The molecule has 2 unspecified atom stereocenters. The van der Waals surface area contributed by atoms with Crippen LogP contribution >= 0.6 is 0 Å². The molecule has 1 aromatic carbocycles. The Labute approximate surface area is 116 Å². The van der Waals surface area contributed by atoms with E-state index >= 15 is 0 Å². The average Bonchev–Trinajstić information content (AvgIpc) is 2.89. The molecule has 1 fully saturated rings. The summed E-state index contributed by atoms with van der Waals surface area (Å²) in [5.41, 5.74) is 1.90. The summed E-state index contributed by atoms with van der Waals surface area (Å²) in [5, 5.41) is 18.6. The molecule has 1 heterocycles. The van der Waals surface area contributed by atoms with E-state index in [1.807, 2.05) is 6.07 Å². The number of imidazole rings is 1. The zero-order valence-electron chi connectivity index (χ0n) is 11.2. The first-order valence-corrected chi connectivity index (χ1v) is 7.01. The lowest BCUT2D eigenvalue weighted by Crippen LogP contribution is -2.25. The molecule has 106 valence electrons. The molecule has 1 saturated carbocycles. The first kappa shape index (κ1) is 13.1. The van der Waals surface area contributed by atoms with E-state index in [2.05, 4.69) is 9.55 Å². The molecular formula is C15H18N2O3. The van der Waals surface area contributed by atoms with Gasteiger partial charge in [0, 0.05) is 18.6 Å². The summed E-state index contributed by atoms with van der Waals surface area (Å²) in [5.74, 6) is -0.673. The summed E-state index contributed by atoms with van der Waals surface area (Å²) in [4.78, 5) is 15.3. The molecule has 3 rings (SSSR count). The Balaban J connectivity index is 2.01. The number of carboxylic acids is 1. The Bertz CT molecular complexity index is 635. The van der Waals surface area contributed by atoms with E-state index in [0.29, 0.717) is 5.52 Å². The quantitative estimate of drug-likeness (QED) is 0.901. The molecule has 0 radical (unpaired) electrons. The minimum Gasteiger partial charge on any atom is -0.478 e. The maximum Gasteiger partial charge on any atom is 0.335 e. The molecule has 0 aliphatic heterocycles. The maximum atomic E-state index is 11.0. The predicted molar refractivity (Wildman–Crippen MR) is 74.8 cm³/mol. The Morgan fingerprint density at radius 1 is 1.35 bits per heavy atom. The van der Waals surface area contributed by atoms with Crippen LogP contribution in [0.4, 0.5) is 0 Å². The van der Waals surface area contributed by atoms with E-state index in [9.17, 15) is 9.90 Å². The predicted octanol–water partition coefficient (Wildman–Crippen LogP) is 2.46. The highest BCUT2D eigenvalue weighted by Crippen LogP contribution is 2.35. The molecule has 1 aliphatic carbocycles. The molecule has 1 aromatic heterocycles. The molecule has 5 nitrogen and oxygen atoms in total. The van der Waals surface area contributed by atoms with Gasteiger partial charge in [0.15, 0.2) is 0 Å². The first-order valence-electron chi connectivity index (χ1n) is 7.01. The van der Waals surface area contributed by atoms with Crippen LogP contribution in [0.1, 0.15) is 42.1 Å². The number of benzene rings is 1. The van der Waals surface area contributed by atoms with E-state index in [4.69, 9.17) is 5.11 Å². The molecule has 2 N–H and O–H groups in total. The standard InChI is InChI=1S/C15H18N2O3/c18-8-11-3-1-2-4-13(11)17-9-16-12-7-10(15(19)20)5-6-14(12)17/h5-7,9,11,13,18H,1-4,8H2,(H,19,20). The first-order chi connectivity index (χ1) is 9.70. The number of carbonyl (C=O) groups is 1. The summed E-state index contributed by atoms with van der Waals surface area (Å²) in [7, 11) is 0. The minimum absolute atomic E-state index is 0.192. The van der Waals surface area contributed by atoms with Crippen molar-refractivity contribution >= 4 is 17.0 Å². The number of aliphatic hydroxyl groups excluding tert-OH is 1. The number of hydrogen-bond acceptors (Lipinski definition) is 3. The second-order valence-electron chi connectivity index (χ2n) is 5.45. The molecule has 2 aromatic rings. The Morgan fingerprint density at radius 3 is 2.90 bits per heavy atom. The third kappa shape index (κ3) is 2.18. The van der Waals surface area contributed by atoms with Crippen molar-refractivity contribution in [3.8, 4) is 0 Å². The lowest BCUT2D eigenvalue weighted by Gasteiger charge is -2.31. The van der Waals surface area contributed by atoms with Crippen LogP contribution < -0.4 is 0 Å². The number of nitrogens with zero attached hydrogens (tertiary/aromatic N) is 2. The monoisotopic (exact) mass is 274 g/mol. The number of aromatic nitrogens is 2. The summed E-state index contributed by atoms with van der Waals surface area (Å²) in [6.45, 7) is 0.192. The van der Waals surface area contributed by atoms with Gasteiger partial charge in [0.2, 0.25) is 0 Å². The third-order valence-corrected chi connectivity index (χ3v) is 4.28. The van der Waals surface area contributed by atoms with Crippen molar-refractivity contribution < 1.29 is 15.0 Å². The highest BCUT2D eigenvalue weighted by molar-refractivity contribution is 5.92. The van der Waals surface area contributed by atoms with Gasteiger partial charge < -0.3 is 14.8 Å². The van der Waals surface area contributed by atoms with E-state index in [1.165, 1.54) is 0 Å². The van der Waals surface area contributed by atoms with Gasteiger partial charge in [-0.25, -0.2) is 9.78 Å². The molecular weight excluding hydrogens is 256 g/mol. The maximum absolute atomic E-state index is 11.0. The zero-order valence-corrected chi connectivity index (χ0v) is 11.2. The van der Waals surface area contributed by atoms with E-state index in [-0.39, 0.29) is 24.1 Å². The van der Waals surface area contributed by atoms with Crippen LogP contribution in [0.25, 0.3) is 11.0 Å². The lowest BCUT2D eigenvalue weighted by molar-refractivity contribution is 0.0697. The van der Waals surface area contributed by atoms with Crippen LogP contribution in [0.5, 0.6) is 0 Å². The van der Waals surface area contributed by atoms with E-state index in [1.54, 1.807) is 18.5 Å². The highest BCUT2D eigenvalue weighted by atomic mass is 16.4. The fraction of sp³-hybridized carbons (Fsp3) is 0.467. The molecule has 0 bridgehead atoms. The van der Waals surface area contributed by atoms with E-state index < -0.39 is 5.97 Å². The summed E-state index contributed by atoms with van der Waals surface area (Å²) < 4.78 is 2.10. The van der Waals surface area contributed by atoms with Gasteiger partial charge in [0.1, 0.15) is 0 Å². The zero-order chi connectivity index (χ0) is 14.1. The molecule has 0 saturated heterocycles. The highest BCUT2D eigenvalue weighted by Gasteiger charge is 2.27. The van der Waals surface area contributed by atoms with Crippen LogP contribution in [0, 0.1) is 5.92 Å². The van der Waals surface area contributed by atoms with Gasteiger partial charge >= 0.3 is 5.97 Å². The van der Waals surface area contributed by atoms with Crippen molar-refractivity contribution in [1.82, 2.24) is 9.55 Å². The van der Waals surface area contributed by atoms with Gasteiger partial charge in [-0.2, -0.15) is 0 Å². The fourth-order valence-corrected chi connectivity index (χ4v) is 3.20. The summed E-state index contributed by atoms with van der Waals surface area (Å²) >= 11 is 0. The van der Waals surface area contributed by atoms with Gasteiger partial charge in [-0.3, -0.25) is 0 Å². The third-order valence-electron chi connectivity index (χ3n) is 4.28. The van der Waals surface area contributed by atoms with Gasteiger partial charge in [0.05, 0.1) is 22.9 Å². The van der Waals surface area contributed by atoms with Crippen molar-refractivity contribution in [2.24, 2.45) is 5.92 Å². The molecule has 1 aliphatic rings. The minimum atomic E-state index is -0.938. The lowest BCUT2D eigenvalue weighted by atomic mass is 9.85. The number of fused-ring (bicyclic) bond motifs is 1. The van der Waals surface area contributed by atoms with Crippen LogP contribution in [0.2, 0.25) is 0 Å². The van der Waals surface area contributed by atoms with Crippen molar-refractivity contribution in [2.45, 2.75) is 31.7 Å². The van der Waals surface area contributed by atoms with Gasteiger partial charge in [0.25, 0.3) is 0 Å².